The summed E-state index contributed by atoms with van der Waals surface area (Å²) in [6.07, 6.45) is 3.22. The normalized spacial score (nSPS) is 16.9. The van der Waals surface area contributed by atoms with Gasteiger partial charge in [0, 0.05) is 36.1 Å². The lowest BCUT2D eigenvalue weighted by molar-refractivity contribution is -0.122. The third-order valence-electron chi connectivity index (χ3n) is 4.44. The van der Waals surface area contributed by atoms with Gasteiger partial charge in [-0.2, -0.15) is 0 Å². The second-order valence-corrected chi connectivity index (χ2v) is 8.08. The van der Waals surface area contributed by atoms with Crippen molar-refractivity contribution in [2.75, 3.05) is 26.2 Å². The first-order chi connectivity index (χ1) is 12.7. The Hall–Kier alpha value is -1.40. The smallest absolute Gasteiger partial charge is 0.234 e. The van der Waals surface area contributed by atoms with Crippen LogP contribution in [0.25, 0.3) is 0 Å². The number of hydrogen-bond donors (Lipinski definition) is 1. The van der Waals surface area contributed by atoms with Gasteiger partial charge in [-0.05, 0) is 48.4 Å². The predicted octanol–water partition coefficient (Wildman–Crippen LogP) is 3.74. The molecule has 3 rings (SSSR count). The first kappa shape index (κ1) is 19.4. The third kappa shape index (κ3) is 6.40. The number of carbonyl (C=O) groups excluding carboxylic acids is 1. The lowest BCUT2D eigenvalue weighted by Gasteiger charge is -2.24. The highest BCUT2D eigenvalue weighted by Gasteiger charge is 2.21. The molecule has 1 saturated heterocycles. The number of rotatable bonds is 9. The van der Waals surface area contributed by atoms with E-state index in [1.165, 1.54) is 4.88 Å². The van der Waals surface area contributed by atoms with Gasteiger partial charge in [0.05, 0.1) is 12.6 Å². The van der Waals surface area contributed by atoms with Crippen LogP contribution in [0, 0.1) is 0 Å². The number of nitrogens with one attached hydrogen (secondary N) is 1. The molecule has 1 aliphatic rings. The molecule has 0 spiro atoms. The molecule has 1 N–H and O–H groups in total. The van der Waals surface area contributed by atoms with Crippen LogP contribution in [0.1, 0.15) is 23.3 Å². The molecule has 1 fully saturated rings. The molecular formula is C20H25ClN2O2S. The zero-order valence-corrected chi connectivity index (χ0v) is 16.4. The largest absolute Gasteiger partial charge is 0.377 e. The Morgan fingerprint density at radius 3 is 3.00 bits per heavy atom. The summed E-state index contributed by atoms with van der Waals surface area (Å²) in [4.78, 5) is 15.9. The van der Waals surface area contributed by atoms with Crippen LogP contribution >= 0.6 is 22.9 Å². The quantitative estimate of drug-likeness (QED) is 0.706. The maximum atomic E-state index is 12.4. The first-order valence-electron chi connectivity index (χ1n) is 9.06. The number of amides is 1. The van der Waals surface area contributed by atoms with Crippen molar-refractivity contribution in [3.05, 3.63) is 57.2 Å². The molecule has 1 unspecified atom stereocenters. The maximum Gasteiger partial charge on any atom is 0.234 e. The van der Waals surface area contributed by atoms with E-state index in [1.54, 1.807) is 11.3 Å². The summed E-state index contributed by atoms with van der Waals surface area (Å²) in [6, 6.07) is 11.9. The molecule has 1 atom stereocenters. The molecule has 0 aliphatic carbocycles. The van der Waals surface area contributed by atoms with Crippen molar-refractivity contribution < 1.29 is 9.53 Å². The maximum absolute atomic E-state index is 12.4. The molecule has 0 radical (unpaired) electrons. The average molecular weight is 393 g/mol. The minimum Gasteiger partial charge on any atom is -0.377 e. The number of thiophene rings is 1. The fourth-order valence-electron chi connectivity index (χ4n) is 3.18. The summed E-state index contributed by atoms with van der Waals surface area (Å²) in [7, 11) is 0. The zero-order valence-electron chi connectivity index (χ0n) is 14.8. The van der Waals surface area contributed by atoms with Gasteiger partial charge in [0.25, 0.3) is 0 Å². The van der Waals surface area contributed by atoms with Crippen LogP contribution < -0.4 is 5.32 Å². The molecule has 1 aromatic carbocycles. The Balaban J connectivity index is 1.47. The molecule has 140 valence electrons. The van der Waals surface area contributed by atoms with E-state index in [-0.39, 0.29) is 12.0 Å². The highest BCUT2D eigenvalue weighted by molar-refractivity contribution is 7.09. The number of nitrogens with zero attached hydrogens (tertiary/aromatic N) is 1. The van der Waals surface area contributed by atoms with Crippen molar-refractivity contribution in [2.24, 2.45) is 0 Å². The number of carbonyl (C=O) groups is 1. The van der Waals surface area contributed by atoms with Crippen LogP contribution in [0.5, 0.6) is 0 Å². The first-order valence-corrected chi connectivity index (χ1v) is 10.3. The molecule has 1 aromatic heterocycles. The van der Waals surface area contributed by atoms with E-state index in [0.717, 1.165) is 49.5 Å². The Bertz CT molecular complexity index is 687. The zero-order chi connectivity index (χ0) is 18.2. The summed E-state index contributed by atoms with van der Waals surface area (Å²) < 4.78 is 5.75. The Labute approximate surface area is 164 Å². The highest BCUT2D eigenvalue weighted by Crippen LogP contribution is 2.17. The summed E-state index contributed by atoms with van der Waals surface area (Å²) >= 11 is 7.72. The van der Waals surface area contributed by atoms with Gasteiger partial charge in [-0.1, -0.05) is 29.8 Å². The molecule has 6 heteroatoms. The van der Waals surface area contributed by atoms with Crippen LogP contribution in [-0.2, 0) is 22.5 Å². The van der Waals surface area contributed by atoms with Crippen molar-refractivity contribution in [3.63, 3.8) is 0 Å². The highest BCUT2D eigenvalue weighted by atomic mass is 35.5. The third-order valence-corrected chi connectivity index (χ3v) is 5.53. The molecule has 2 heterocycles. The second-order valence-electron chi connectivity index (χ2n) is 6.61. The van der Waals surface area contributed by atoms with Crippen LogP contribution in [0.3, 0.4) is 0 Å². The van der Waals surface area contributed by atoms with E-state index in [0.29, 0.717) is 13.1 Å². The standard InChI is InChI=1S/C20H25ClN2O2S/c21-17-5-1-4-16(12-17)8-9-22-20(24)15-23(13-18-6-2-10-25-18)14-19-7-3-11-26-19/h1,3-5,7,11-12,18H,2,6,8-10,13-15H2,(H,22,24). The SMILES string of the molecule is O=C(CN(Cc1cccs1)CC1CCCO1)NCCc1cccc(Cl)c1. The van der Waals surface area contributed by atoms with Gasteiger partial charge in [-0.25, -0.2) is 0 Å². The molecule has 1 amide bonds. The molecule has 1 aliphatic heterocycles. The molecule has 2 aromatic rings. The predicted molar refractivity (Wildman–Crippen MR) is 107 cm³/mol. The second kappa shape index (κ2) is 10.1. The van der Waals surface area contributed by atoms with Gasteiger partial charge < -0.3 is 10.1 Å². The lowest BCUT2D eigenvalue weighted by atomic mass is 10.1. The van der Waals surface area contributed by atoms with E-state index in [2.05, 4.69) is 27.7 Å². The fourth-order valence-corrected chi connectivity index (χ4v) is 4.14. The van der Waals surface area contributed by atoms with E-state index in [9.17, 15) is 4.79 Å². The molecule has 0 bridgehead atoms. The molecule has 0 saturated carbocycles. The summed E-state index contributed by atoms with van der Waals surface area (Å²) in [5.74, 6) is 0.0570. The number of halogens is 1. The summed E-state index contributed by atoms with van der Waals surface area (Å²) in [6.45, 7) is 3.45. The molecule has 4 nitrogen and oxygen atoms in total. The lowest BCUT2D eigenvalue weighted by Crippen LogP contribution is -2.40. The molecular weight excluding hydrogens is 368 g/mol. The van der Waals surface area contributed by atoms with Crippen LogP contribution in [0.2, 0.25) is 5.02 Å². The topological polar surface area (TPSA) is 41.6 Å². The van der Waals surface area contributed by atoms with Crippen LogP contribution in [-0.4, -0.2) is 43.2 Å². The Morgan fingerprint density at radius 2 is 2.27 bits per heavy atom. The van der Waals surface area contributed by atoms with E-state index in [1.807, 2.05) is 24.3 Å². The number of ether oxygens (including phenoxy) is 1. The van der Waals surface area contributed by atoms with E-state index < -0.39 is 0 Å². The van der Waals surface area contributed by atoms with Gasteiger partial charge >= 0.3 is 0 Å². The van der Waals surface area contributed by atoms with Crippen LogP contribution in [0.4, 0.5) is 0 Å². The van der Waals surface area contributed by atoms with Gasteiger partial charge in [0.2, 0.25) is 5.91 Å². The van der Waals surface area contributed by atoms with E-state index >= 15 is 0 Å². The fraction of sp³-hybridized carbons (Fsp3) is 0.450. The summed E-state index contributed by atoms with van der Waals surface area (Å²) in [5, 5.41) is 5.83. The van der Waals surface area contributed by atoms with Crippen molar-refractivity contribution in [3.8, 4) is 0 Å². The Morgan fingerprint density at radius 1 is 1.35 bits per heavy atom. The number of benzene rings is 1. The summed E-state index contributed by atoms with van der Waals surface area (Å²) in [5.41, 5.74) is 1.13. The van der Waals surface area contributed by atoms with Crippen molar-refractivity contribution in [1.29, 1.82) is 0 Å². The van der Waals surface area contributed by atoms with Crippen molar-refractivity contribution in [1.82, 2.24) is 10.2 Å². The Kier molecular flexibility index (Phi) is 7.50. The van der Waals surface area contributed by atoms with Crippen molar-refractivity contribution >= 4 is 28.8 Å². The van der Waals surface area contributed by atoms with Gasteiger partial charge in [-0.15, -0.1) is 11.3 Å². The minimum absolute atomic E-state index is 0.0570. The van der Waals surface area contributed by atoms with Gasteiger partial charge in [-0.3, -0.25) is 9.69 Å². The number of hydrogen-bond acceptors (Lipinski definition) is 4. The minimum atomic E-state index is 0.0570. The van der Waals surface area contributed by atoms with Crippen molar-refractivity contribution in [2.45, 2.75) is 31.9 Å². The van der Waals surface area contributed by atoms with Gasteiger partial charge in [0.15, 0.2) is 0 Å². The van der Waals surface area contributed by atoms with E-state index in [4.69, 9.17) is 16.3 Å². The monoisotopic (exact) mass is 392 g/mol. The van der Waals surface area contributed by atoms with Gasteiger partial charge in [0.1, 0.15) is 0 Å². The average Bonchev–Trinajstić information content (AvgIpc) is 3.29. The molecule has 26 heavy (non-hydrogen) atoms. The van der Waals surface area contributed by atoms with Crippen LogP contribution in [0.15, 0.2) is 41.8 Å².